The number of nitrogens with zero attached hydrogens (tertiary/aromatic N) is 3. The van der Waals surface area contributed by atoms with Crippen molar-refractivity contribution in [1.82, 2.24) is 19.5 Å². The third-order valence-electron chi connectivity index (χ3n) is 5.41. The van der Waals surface area contributed by atoms with E-state index in [0.29, 0.717) is 0 Å². The number of aromatic nitrogens is 4. The van der Waals surface area contributed by atoms with Crippen molar-refractivity contribution in [3.63, 3.8) is 0 Å². The number of nitrogens with two attached hydrogens (primary N) is 2. The lowest BCUT2D eigenvalue weighted by atomic mass is 9.96. The molecule has 0 amide bonds. The second-order valence-electron chi connectivity index (χ2n) is 8.82. The van der Waals surface area contributed by atoms with Gasteiger partial charge in [0.25, 0.3) is 5.56 Å². The molecule has 3 rings (SSSR count). The van der Waals surface area contributed by atoms with E-state index in [4.69, 9.17) is 25.0 Å². The summed E-state index contributed by atoms with van der Waals surface area (Å²) in [5.74, 6) is -0.0573. The highest BCUT2D eigenvalue weighted by atomic mass is 32.2. The van der Waals surface area contributed by atoms with Gasteiger partial charge < -0.3 is 25.8 Å². The van der Waals surface area contributed by atoms with Crippen molar-refractivity contribution in [1.29, 1.82) is 0 Å². The third-order valence-corrected chi connectivity index (χ3v) is 7.65. The van der Waals surface area contributed by atoms with E-state index in [1.807, 2.05) is 0 Å². The smallest absolute Gasteiger partial charge is 0.395 e. The largest absolute Gasteiger partial charge is 0.402 e. The van der Waals surface area contributed by atoms with Gasteiger partial charge in [-0.25, -0.2) is 15.1 Å². The number of nitrogens with one attached hydrogen (secondary N) is 1. The molecule has 0 saturated carbocycles. The van der Waals surface area contributed by atoms with Crippen molar-refractivity contribution in [2.24, 2.45) is 10.9 Å². The van der Waals surface area contributed by atoms with Gasteiger partial charge in [-0.3, -0.25) is 28.2 Å². The number of fused-ring (bicyclic) bond motifs is 1. The molecule has 1 aliphatic rings. The molecule has 0 aliphatic carbocycles. The Hall–Kier alpha value is -1.88. The minimum Gasteiger partial charge on any atom is -0.395 e. The summed E-state index contributed by atoms with van der Waals surface area (Å²) in [6, 6.07) is 0. The van der Waals surface area contributed by atoms with E-state index >= 15 is 0 Å². The zero-order valence-corrected chi connectivity index (χ0v) is 21.0. The van der Waals surface area contributed by atoms with Gasteiger partial charge in [-0.1, -0.05) is 11.8 Å². The Morgan fingerprint density at radius 3 is 2.80 bits per heavy atom. The molecule has 0 bridgehead atoms. The van der Waals surface area contributed by atoms with Crippen LogP contribution >= 0.6 is 19.5 Å². The number of aromatic amines is 1. The molecule has 2 aromatic rings. The molecular formula is C18H29N6O9PS. The van der Waals surface area contributed by atoms with Crippen LogP contribution in [0.4, 0.5) is 5.95 Å². The maximum Gasteiger partial charge on any atom is 0.402 e. The van der Waals surface area contributed by atoms with E-state index in [-0.39, 0.29) is 41.2 Å². The molecule has 35 heavy (non-hydrogen) atoms. The third kappa shape index (κ3) is 5.93. The lowest BCUT2D eigenvalue weighted by Crippen LogP contribution is -2.44. The summed E-state index contributed by atoms with van der Waals surface area (Å²) in [6.45, 7) is 3.47. The predicted molar refractivity (Wildman–Crippen MR) is 125 cm³/mol. The quantitative estimate of drug-likeness (QED) is 0.159. The van der Waals surface area contributed by atoms with Gasteiger partial charge in [0.1, 0.15) is 17.8 Å². The van der Waals surface area contributed by atoms with Crippen LogP contribution in [0.1, 0.15) is 27.0 Å². The Morgan fingerprint density at radius 2 is 2.14 bits per heavy atom. The molecule has 8 N–H and O–H groups in total. The Kier molecular flexibility index (Phi) is 8.10. The van der Waals surface area contributed by atoms with Gasteiger partial charge in [0.15, 0.2) is 22.5 Å². The number of H-pyrrole nitrogens is 1. The second-order valence-corrected chi connectivity index (χ2v) is 11.5. The van der Waals surface area contributed by atoms with Crippen LogP contribution in [0.3, 0.4) is 0 Å². The molecule has 0 spiro atoms. The molecule has 0 radical (unpaired) electrons. The van der Waals surface area contributed by atoms with E-state index in [9.17, 15) is 29.5 Å². The SMILES string of the molecule is CC(C)(CO)C(=O)SCCOP(N)(=O)OC[C@H]1O[C@@H](n2cnc3c(=O)[nH]c(N)nc32)C(C)(O)C1O. The summed E-state index contributed by atoms with van der Waals surface area (Å²) in [4.78, 5) is 34.3. The number of nitrogen functional groups attached to an aromatic ring is 1. The second kappa shape index (κ2) is 10.2. The number of carbonyl (C=O) groups is 1. The fourth-order valence-electron chi connectivity index (χ4n) is 3.27. The molecule has 5 atom stereocenters. The highest BCUT2D eigenvalue weighted by Gasteiger charge is 2.54. The first-order valence-electron chi connectivity index (χ1n) is 10.4. The first-order valence-corrected chi connectivity index (χ1v) is 13.0. The van der Waals surface area contributed by atoms with Gasteiger partial charge in [0.05, 0.1) is 31.6 Å². The molecule has 3 unspecified atom stereocenters. The predicted octanol–water partition coefficient (Wildman–Crippen LogP) is -0.911. The number of rotatable bonds is 10. The molecule has 1 fully saturated rings. The van der Waals surface area contributed by atoms with Crippen LogP contribution in [-0.4, -0.2) is 83.3 Å². The number of hydrogen-bond donors (Lipinski definition) is 6. The molecule has 15 nitrogen and oxygen atoms in total. The minimum absolute atomic E-state index is 0.0227. The molecule has 196 valence electrons. The van der Waals surface area contributed by atoms with Crippen molar-refractivity contribution >= 4 is 41.7 Å². The minimum atomic E-state index is -4.09. The van der Waals surface area contributed by atoms with Gasteiger partial charge in [0.2, 0.25) is 5.95 Å². The van der Waals surface area contributed by atoms with Crippen molar-refractivity contribution in [3.8, 4) is 0 Å². The highest BCUT2D eigenvalue weighted by Crippen LogP contribution is 2.43. The zero-order valence-electron chi connectivity index (χ0n) is 19.3. The summed E-state index contributed by atoms with van der Waals surface area (Å²) in [5, 5.41) is 30.4. The molecule has 17 heteroatoms. The summed E-state index contributed by atoms with van der Waals surface area (Å²) < 4.78 is 29.6. The van der Waals surface area contributed by atoms with E-state index in [2.05, 4.69) is 15.0 Å². The van der Waals surface area contributed by atoms with Crippen LogP contribution in [0.5, 0.6) is 0 Å². The summed E-state index contributed by atoms with van der Waals surface area (Å²) in [6.07, 6.45) is -2.75. The maximum atomic E-state index is 12.4. The van der Waals surface area contributed by atoms with Gasteiger partial charge in [0, 0.05) is 5.75 Å². The molecular weight excluding hydrogens is 507 g/mol. The van der Waals surface area contributed by atoms with Crippen LogP contribution < -0.4 is 16.8 Å². The van der Waals surface area contributed by atoms with E-state index < -0.39 is 49.4 Å². The van der Waals surface area contributed by atoms with Crippen molar-refractivity contribution in [2.75, 3.05) is 31.3 Å². The Labute approximate surface area is 203 Å². The van der Waals surface area contributed by atoms with Gasteiger partial charge in [-0.15, -0.1) is 0 Å². The maximum absolute atomic E-state index is 12.4. The molecule has 1 aliphatic heterocycles. The lowest BCUT2D eigenvalue weighted by molar-refractivity contribution is -0.119. The van der Waals surface area contributed by atoms with Gasteiger partial charge in [-0.05, 0) is 20.8 Å². The van der Waals surface area contributed by atoms with Crippen molar-refractivity contribution < 1.29 is 38.5 Å². The average Bonchev–Trinajstić information content (AvgIpc) is 3.28. The Bertz CT molecular complexity index is 1180. The molecule has 1 saturated heterocycles. The van der Waals surface area contributed by atoms with Gasteiger partial charge in [-0.2, -0.15) is 4.98 Å². The summed E-state index contributed by atoms with van der Waals surface area (Å²) in [5.41, 5.74) is 7.73. The van der Waals surface area contributed by atoms with Crippen LogP contribution in [-0.2, 0) is 23.1 Å². The molecule has 0 aromatic carbocycles. The van der Waals surface area contributed by atoms with Crippen molar-refractivity contribution in [3.05, 3.63) is 16.7 Å². The van der Waals surface area contributed by atoms with Crippen LogP contribution in [0, 0.1) is 5.41 Å². The van der Waals surface area contributed by atoms with E-state index in [0.717, 1.165) is 11.8 Å². The molecule has 2 aromatic heterocycles. The Balaban J connectivity index is 1.61. The zero-order chi connectivity index (χ0) is 26.2. The van der Waals surface area contributed by atoms with Crippen LogP contribution in [0.2, 0.25) is 0 Å². The fourth-order valence-corrected chi connectivity index (χ4v) is 4.97. The van der Waals surface area contributed by atoms with Crippen LogP contribution in [0.15, 0.2) is 11.1 Å². The molecule has 3 heterocycles. The highest BCUT2D eigenvalue weighted by molar-refractivity contribution is 8.13. The summed E-state index contributed by atoms with van der Waals surface area (Å²) in [7, 11) is -4.09. The van der Waals surface area contributed by atoms with Crippen LogP contribution in [0.25, 0.3) is 11.2 Å². The number of ether oxygens (including phenoxy) is 1. The fraction of sp³-hybridized carbons (Fsp3) is 0.667. The number of imidazole rings is 1. The number of hydrogen-bond acceptors (Lipinski definition) is 13. The average molecular weight is 537 g/mol. The van der Waals surface area contributed by atoms with E-state index in [1.165, 1.54) is 17.8 Å². The number of carbonyl (C=O) groups excluding carboxylic acids is 1. The first kappa shape index (κ1) is 27.7. The lowest BCUT2D eigenvalue weighted by Gasteiger charge is -2.27. The number of thioether (sulfide) groups is 1. The normalized spacial score (nSPS) is 26.8. The van der Waals surface area contributed by atoms with Crippen molar-refractivity contribution in [2.45, 2.75) is 44.8 Å². The van der Waals surface area contributed by atoms with Gasteiger partial charge >= 0.3 is 7.75 Å². The topological polar surface area (TPSA) is 238 Å². The Morgan fingerprint density at radius 1 is 1.46 bits per heavy atom. The standard InChI is InChI=1S/C18H29N6O9PS/c1-17(2,7-25)15(28)35-5-4-31-34(20,30)32-6-9-11(26)18(3,29)14(33-9)24-8-21-10-12(24)22-16(19)23-13(10)27/h8-9,11,14,25-26,29H,4-7H2,1-3H3,(H2,20,30)(H3,19,22,23,27)/t9-,11?,14-,18?,34?/m1/s1. The summed E-state index contributed by atoms with van der Waals surface area (Å²) >= 11 is 0.892. The number of anilines is 1. The number of aliphatic hydroxyl groups excluding tert-OH is 2. The number of aliphatic hydroxyl groups is 3. The first-order chi connectivity index (χ1) is 16.2. The van der Waals surface area contributed by atoms with E-state index in [1.54, 1.807) is 13.8 Å². The monoisotopic (exact) mass is 536 g/mol.